The van der Waals surface area contributed by atoms with E-state index >= 15 is 0 Å². The molecule has 0 aliphatic carbocycles. The van der Waals surface area contributed by atoms with Crippen LogP contribution in [-0.2, 0) is 51.6 Å². The number of phosphoric acid groups is 1. The van der Waals surface area contributed by atoms with Crippen LogP contribution >= 0.6 is 7.82 Å². The van der Waals surface area contributed by atoms with Gasteiger partial charge in [-0.05, 0) is 19.3 Å². The number of ether oxygens (including phenoxy) is 7. The van der Waals surface area contributed by atoms with Gasteiger partial charge in [0.05, 0.1) is 39.6 Å². The lowest BCUT2D eigenvalue weighted by molar-refractivity contribution is -0.223. The summed E-state index contributed by atoms with van der Waals surface area (Å²) >= 11 is 0. The molecule has 258 valence electrons. The number of unbranched alkanes of at least 4 members (excludes halogenated alkanes) is 1. The largest absolute Gasteiger partial charge is 0.756 e. The van der Waals surface area contributed by atoms with Gasteiger partial charge in [-0.2, -0.15) is 0 Å². The van der Waals surface area contributed by atoms with Gasteiger partial charge in [-0.1, -0.05) is 14.9 Å². The first-order valence-electron chi connectivity index (χ1n) is 13.1. The molecule has 0 aliphatic rings. The number of rotatable bonds is 27. The minimum atomic E-state index is -4.24. The fourth-order valence-electron chi connectivity index (χ4n) is 2.63. The van der Waals surface area contributed by atoms with Gasteiger partial charge >= 0.3 is 12.2 Å². The fraction of sp³-hybridized carbons (Fsp3) is 0.880. The second-order valence-electron chi connectivity index (χ2n) is 8.07. The van der Waals surface area contributed by atoms with Crippen molar-refractivity contribution in [1.29, 1.82) is 0 Å². The normalized spacial score (nSPS) is 12.6. The van der Waals surface area contributed by atoms with Gasteiger partial charge in [-0.25, -0.2) is 9.59 Å². The SMILES string of the molecule is C.C.COCCOCCNC(=O)OCC(COC(=O)NCOCCOC)OCCCC(=O)NCCCCOP(=O)([O-])OC. The average molecular weight is 651 g/mol. The molecule has 0 aromatic rings. The molecule has 2 unspecified atom stereocenters. The van der Waals surface area contributed by atoms with Gasteiger partial charge in [-0.3, -0.25) is 14.7 Å². The highest BCUT2D eigenvalue weighted by Crippen LogP contribution is 2.36. The quantitative estimate of drug-likeness (QED) is 0.0648. The number of methoxy groups -OCH3 is 2. The molecular weight excluding hydrogens is 597 g/mol. The summed E-state index contributed by atoms with van der Waals surface area (Å²) in [6.45, 7) is 1.95. The van der Waals surface area contributed by atoms with Crippen molar-refractivity contribution in [3.05, 3.63) is 0 Å². The number of amides is 3. The maximum Gasteiger partial charge on any atom is 0.409 e. The number of phosphoric ester groups is 1. The summed E-state index contributed by atoms with van der Waals surface area (Å²) in [5.41, 5.74) is 0. The van der Waals surface area contributed by atoms with E-state index in [0.717, 1.165) is 7.11 Å². The van der Waals surface area contributed by atoms with Gasteiger partial charge in [0, 0.05) is 47.4 Å². The van der Waals surface area contributed by atoms with E-state index < -0.39 is 26.1 Å². The highest BCUT2D eigenvalue weighted by molar-refractivity contribution is 7.45. The number of nitrogens with one attached hydrogen (secondary N) is 3. The van der Waals surface area contributed by atoms with Gasteiger partial charge in [0.15, 0.2) is 0 Å². The standard InChI is InChI=1S/C23H46N3O14P.2CH4/c1-32-13-15-35-12-9-25-22(28)38-17-20(18-39-23(29)26-19-36-16-14-33-2)37-10-6-7-21(27)24-8-4-5-11-40-41(30,31)34-3;;/h20H,4-19H2,1-3H3,(H,24,27)(H,25,28)(H,26,29)(H,30,31);2*1H4/p-1. The molecule has 0 aliphatic heterocycles. The Labute approximate surface area is 255 Å². The molecule has 0 aromatic heterocycles. The Balaban J connectivity index is -0.00000800. The summed E-state index contributed by atoms with van der Waals surface area (Å²) in [6.07, 6.45) is -0.790. The molecule has 2 atom stereocenters. The van der Waals surface area contributed by atoms with E-state index in [1.54, 1.807) is 7.11 Å². The average Bonchev–Trinajstić information content (AvgIpc) is 2.95. The number of hydrogen-bond acceptors (Lipinski definition) is 14. The van der Waals surface area contributed by atoms with Crippen LogP contribution in [0, 0.1) is 0 Å². The summed E-state index contributed by atoms with van der Waals surface area (Å²) in [6, 6.07) is 0. The van der Waals surface area contributed by atoms with Crippen molar-refractivity contribution in [1.82, 2.24) is 16.0 Å². The predicted molar refractivity (Wildman–Crippen MR) is 154 cm³/mol. The Hall–Kier alpha value is -2.08. The first kappa shape index (κ1) is 45.4. The molecule has 0 saturated heterocycles. The minimum absolute atomic E-state index is 0. The molecule has 43 heavy (non-hydrogen) atoms. The number of alkyl carbamates (subject to hydrolysis) is 2. The maximum atomic E-state index is 12.0. The molecule has 0 heterocycles. The van der Waals surface area contributed by atoms with Crippen LogP contribution in [0.15, 0.2) is 0 Å². The molecule has 0 saturated carbocycles. The minimum Gasteiger partial charge on any atom is -0.756 e. The lowest BCUT2D eigenvalue weighted by Crippen LogP contribution is -2.35. The highest BCUT2D eigenvalue weighted by Gasteiger charge is 2.16. The maximum absolute atomic E-state index is 12.0. The van der Waals surface area contributed by atoms with Crippen molar-refractivity contribution in [2.45, 2.75) is 46.6 Å². The van der Waals surface area contributed by atoms with Crippen LogP contribution < -0.4 is 20.8 Å². The molecule has 0 bridgehead atoms. The van der Waals surface area contributed by atoms with Gasteiger partial charge in [0.25, 0.3) is 7.82 Å². The second kappa shape index (κ2) is 31.3. The molecule has 17 nitrogen and oxygen atoms in total. The first-order chi connectivity index (χ1) is 19.7. The molecule has 3 N–H and O–H groups in total. The van der Waals surface area contributed by atoms with Crippen LogP contribution in [0.2, 0.25) is 0 Å². The zero-order valence-electron chi connectivity index (χ0n) is 24.1. The summed E-state index contributed by atoms with van der Waals surface area (Å²) in [5.74, 6) is -0.218. The van der Waals surface area contributed by atoms with E-state index in [1.165, 1.54) is 7.11 Å². The van der Waals surface area contributed by atoms with Crippen molar-refractivity contribution in [2.24, 2.45) is 0 Å². The Morgan fingerprint density at radius 1 is 0.721 bits per heavy atom. The van der Waals surface area contributed by atoms with E-state index in [1.807, 2.05) is 0 Å². The third-order valence-corrected chi connectivity index (χ3v) is 5.71. The van der Waals surface area contributed by atoms with Crippen LogP contribution in [-0.4, -0.2) is 125 Å². The summed E-state index contributed by atoms with van der Waals surface area (Å²) in [5, 5.41) is 7.63. The van der Waals surface area contributed by atoms with E-state index in [4.69, 9.17) is 33.2 Å². The van der Waals surface area contributed by atoms with Crippen LogP contribution in [0.5, 0.6) is 0 Å². The number of carbonyl (C=O) groups is 3. The van der Waals surface area contributed by atoms with Crippen molar-refractivity contribution in [3.63, 3.8) is 0 Å². The summed E-state index contributed by atoms with van der Waals surface area (Å²) in [4.78, 5) is 46.9. The molecule has 0 rings (SSSR count). The fourth-order valence-corrected chi connectivity index (χ4v) is 3.09. The Kier molecular flexibility index (Phi) is 33.1. The van der Waals surface area contributed by atoms with E-state index in [-0.39, 0.29) is 73.5 Å². The topological polar surface area (TPSA) is 210 Å². The Morgan fingerprint density at radius 3 is 1.98 bits per heavy atom. The van der Waals surface area contributed by atoms with Crippen LogP contribution in [0.3, 0.4) is 0 Å². The zero-order valence-corrected chi connectivity index (χ0v) is 24.9. The lowest BCUT2D eigenvalue weighted by Gasteiger charge is -2.19. The molecule has 3 amide bonds. The molecule has 0 aromatic carbocycles. The highest BCUT2D eigenvalue weighted by atomic mass is 31.2. The summed E-state index contributed by atoms with van der Waals surface area (Å²) < 4.78 is 55.8. The number of carbonyl (C=O) groups excluding carboxylic acids is 3. The first-order valence-corrected chi connectivity index (χ1v) is 14.5. The van der Waals surface area contributed by atoms with Gasteiger partial charge < -0.3 is 57.7 Å². The van der Waals surface area contributed by atoms with E-state index in [9.17, 15) is 23.8 Å². The van der Waals surface area contributed by atoms with Crippen LogP contribution in [0.25, 0.3) is 0 Å². The van der Waals surface area contributed by atoms with Crippen LogP contribution in [0.4, 0.5) is 9.59 Å². The molecule has 18 heteroatoms. The van der Waals surface area contributed by atoms with Crippen molar-refractivity contribution in [3.8, 4) is 0 Å². The summed E-state index contributed by atoms with van der Waals surface area (Å²) in [7, 11) is -0.147. The zero-order chi connectivity index (χ0) is 30.6. The smallest absolute Gasteiger partial charge is 0.409 e. The van der Waals surface area contributed by atoms with Gasteiger partial charge in [0.2, 0.25) is 5.91 Å². The Bertz CT molecular complexity index is 735. The third kappa shape index (κ3) is 31.2. The van der Waals surface area contributed by atoms with Crippen molar-refractivity contribution >= 4 is 25.9 Å². The van der Waals surface area contributed by atoms with Crippen molar-refractivity contribution < 1.29 is 66.0 Å². The third-order valence-electron chi connectivity index (χ3n) is 4.77. The van der Waals surface area contributed by atoms with Gasteiger partial charge in [-0.15, -0.1) is 0 Å². The van der Waals surface area contributed by atoms with Crippen molar-refractivity contribution in [2.75, 3.05) is 101 Å². The number of hydrogen-bond donors (Lipinski definition) is 3. The van der Waals surface area contributed by atoms with E-state index in [0.29, 0.717) is 52.2 Å². The molecule has 0 fully saturated rings. The lowest BCUT2D eigenvalue weighted by atomic mass is 10.3. The van der Waals surface area contributed by atoms with Gasteiger partial charge in [0.1, 0.15) is 26.0 Å². The van der Waals surface area contributed by atoms with E-state index in [2.05, 4.69) is 25.0 Å². The molecule has 0 spiro atoms. The molecule has 0 radical (unpaired) electrons. The monoisotopic (exact) mass is 650 g/mol. The second-order valence-corrected chi connectivity index (χ2v) is 9.59. The molecular formula is C25H53N3O14P-. The van der Waals surface area contributed by atoms with Crippen LogP contribution in [0.1, 0.15) is 40.5 Å². The Morgan fingerprint density at radius 2 is 1.35 bits per heavy atom. The predicted octanol–water partition coefficient (Wildman–Crippen LogP) is 1.19.